The van der Waals surface area contributed by atoms with Crippen molar-refractivity contribution in [2.45, 2.75) is 33.3 Å². The van der Waals surface area contributed by atoms with Crippen LogP contribution >= 0.6 is 0 Å². The molecule has 0 radical (unpaired) electrons. The topological polar surface area (TPSA) is 38.3 Å². The number of methoxy groups -OCH3 is 1. The second-order valence-electron chi connectivity index (χ2n) is 3.71. The molecule has 13 heavy (non-hydrogen) atoms. The molecule has 0 unspecified atom stereocenters. The van der Waals surface area contributed by atoms with E-state index in [9.17, 15) is 4.79 Å². The van der Waals surface area contributed by atoms with E-state index in [4.69, 9.17) is 4.74 Å². The number of allylic oxidation sites excluding steroid dienone is 1. The number of ether oxygens (including phenoxy) is 1. The van der Waals surface area contributed by atoms with Gasteiger partial charge in [0.1, 0.15) is 5.60 Å². The zero-order chi connectivity index (χ0) is 10.5. The van der Waals surface area contributed by atoms with E-state index in [0.29, 0.717) is 6.54 Å². The average molecular weight is 185 g/mol. The smallest absolute Gasteiger partial charge is 0.251 e. The Kier molecular flexibility index (Phi) is 4.70. The number of hydrogen-bond donors (Lipinski definition) is 1. The summed E-state index contributed by atoms with van der Waals surface area (Å²) in [5.41, 5.74) is 0.450. The van der Waals surface area contributed by atoms with Gasteiger partial charge >= 0.3 is 0 Å². The molecule has 0 aliphatic carbocycles. The molecule has 0 atom stereocenters. The first-order chi connectivity index (χ1) is 5.90. The molecule has 0 bridgehead atoms. The highest BCUT2D eigenvalue weighted by atomic mass is 16.5. The van der Waals surface area contributed by atoms with Crippen LogP contribution in [0.2, 0.25) is 0 Å². The highest BCUT2D eigenvalue weighted by Crippen LogP contribution is 2.06. The fraction of sp³-hybridized carbons (Fsp3) is 0.700. The number of carbonyl (C=O) groups excluding carboxylic acids is 1. The van der Waals surface area contributed by atoms with Crippen LogP contribution in [0.1, 0.15) is 27.7 Å². The average Bonchev–Trinajstić information content (AvgIpc) is 2.03. The molecule has 1 amide bonds. The Hall–Kier alpha value is -0.830. The van der Waals surface area contributed by atoms with Gasteiger partial charge < -0.3 is 10.1 Å². The predicted molar refractivity (Wildman–Crippen MR) is 53.5 cm³/mol. The summed E-state index contributed by atoms with van der Waals surface area (Å²) in [7, 11) is 1.53. The largest absolute Gasteiger partial charge is 0.369 e. The maximum absolute atomic E-state index is 11.4. The molecule has 1 N–H and O–H groups in total. The minimum atomic E-state index is -0.741. The third kappa shape index (κ3) is 4.68. The van der Waals surface area contributed by atoms with Gasteiger partial charge in [0.05, 0.1) is 0 Å². The number of amides is 1. The molecule has 76 valence electrons. The van der Waals surface area contributed by atoms with Gasteiger partial charge in [-0.15, -0.1) is 0 Å². The van der Waals surface area contributed by atoms with E-state index < -0.39 is 5.60 Å². The zero-order valence-corrected chi connectivity index (χ0v) is 9.10. The molecular formula is C10H19NO2. The highest BCUT2D eigenvalue weighted by molar-refractivity contribution is 5.84. The fourth-order valence-electron chi connectivity index (χ4n) is 0.653. The van der Waals surface area contributed by atoms with Crippen molar-refractivity contribution in [2.75, 3.05) is 13.7 Å². The van der Waals surface area contributed by atoms with Crippen molar-refractivity contribution in [1.29, 1.82) is 0 Å². The van der Waals surface area contributed by atoms with E-state index in [0.717, 1.165) is 0 Å². The Morgan fingerprint density at radius 2 is 2.00 bits per heavy atom. The summed E-state index contributed by atoms with van der Waals surface area (Å²) in [5.74, 6) is -0.0903. The summed E-state index contributed by atoms with van der Waals surface area (Å²) in [4.78, 5) is 11.4. The van der Waals surface area contributed by atoms with Gasteiger partial charge in [0.15, 0.2) is 0 Å². The molecule has 0 spiro atoms. The molecule has 0 aliphatic heterocycles. The lowest BCUT2D eigenvalue weighted by molar-refractivity contribution is -0.139. The van der Waals surface area contributed by atoms with Gasteiger partial charge in [-0.25, -0.2) is 0 Å². The summed E-state index contributed by atoms with van der Waals surface area (Å²) in [6.07, 6.45) is 1.96. The Morgan fingerprint density at radius 1 is 1.46 bits per heavy atom. The van der Waals surface area contributed by atoms with Crippen LogP contribution in [-0.2, 0) is 9.53 Å². The number of nitrogens with one attached hydrogen (secondary N) is 1. The first kappa shape index (κ1) is 12.2. The van der Waals surface area contributed by atoms with Crippen LogP contribution in [0.5, 0.6) is 0 Å². The molecule has 0 rings (SSSR count). The summed E-state index contributed by atoms with van der Waals surface area (Å²) in [5, 5.41) is 2.76. The van der Waals surface area contributed by atoms with Crippen molar-refractivity contribution in [3.63, 3.8) is 0 Å². The van der Waals surface area contributed by atoms with E-state index in [1.54, 1.807) is 13.8 Å². The van der Waals surface area contributed by atoms with Crippen molar-refractivity contribution in [1.82, 2.24) is 5.32 Å². The number of rotatable bonds is 4. The van der Waals surface area contributed by atoms with E-state index in [2.05, 4.69) is 5.32 Å². The molecule has 0 aromatic carbocycles. The number of hydrogen-bond acceptors (Lipinski definition) is 2. The van der Waals surface area contributed by atoms with Crippen LogP contribution in [-0.4, -0.2) is 25.2 Å². The first-order valence-corrected chi connectivity index (χ1v) is 4.37. The predicted octanol–water partition coefficient (Wildman–Crippen LogP) is 1.49. The highest BCUT2D eigenvalue weighted by Gasteiger charge is 2.25. The molecule has 0 heterocycles. The van der Waals surface area contributed by atoms with Crippen LogP contribution in [0.3, 0.4) is 0 Å². The second kappa shape index (κ2) is 5.02. The lowest BCUT2D eigenvalue weighted by atomic mass is 10.1. The maximum atomic E-state index is 11.4. The third-order valence-corrected chi connectivity index (χ3v) is 1.83. The van der Waals surface area contributed by atoms with Gasteiger partial charge in [-0.2, -0.15) is 0 Å². The molecule has 3 heteroatoms. The normalized spacial score (nSPS) is 10.8. The molecule has 0 aromatic heterocycles. The van der Waals surface area contributed by atoms with E-state index in [1.165, 1.54) is 12.7 Å². The third-order valence-electron chi connectivity index (χ3n) is 1.83. The molecule has 0 fully saturated rings. The van der Waals surface area contributed by atoms with Gasteiger partial charge in [0.2, 0.25) is 0 Å². The van der Waals surface area contributed by atoms with Crippen molar-refractivity contribution in [2.24, 2.45) is 0 Å². The van der Waals surface area contributed by atoms with Crippen LogP contribution in [0, 0.1) is 0 Å². The zero-order valence-electron chi connectivity index (χ0n) is 9.10. The van der Waals surface area contributed by atoms with E-state index >= 15 is 0 Å². The molecule has 0 aliphatic rings. The van der Waals surface area contributed by atoms with Crippen LogP contribution in [0.4, 0.5) is 0 Å². The summed E-state index contributed by atoms with van der Waals surface area (Å²) in [6.45, 7) is 8.03. The molecule has 0 saturated heterocycles. The first-order valence-electron chi connectivity index (χ1n) is 4.37. The van der Waals surface area contributed by atoms with Gasteiger partial charge in [-0.3, -0.25) is 4.79 Å². The van der Waals surface area contributed by atoms with Gasteiger partial charge in [-0.05, 0) is 27.7 Å². The molecular weight excluding hydrogens is 166 g/mol. The maximum Gasteiger partial charge on any atom is 0.251 e. The summed E-state index contributed by atoms with van der Waals surface area (Å²) >= 11 is 0. The minimum absolute atomic E-state index is 0.0903. The van der Waals surface area contributed by atoms with Crippen LogP contribution in [0.15, 0.2) is 11.6 Å². The van der Waals surface area contributed by atoms with E-state index in [-0.39, 0.29) is 5.91 Å². The van der Waals surface area contributed by atoms with Crippen molar-refractivity contribution < 1.29 is 9.53 Å². The van der Waals surface area contributed by atoms with Crippen LogP contribution in [0.25, 0.3) is 0 Å². The van der Waals surface area contributed by atoms with Crippen LogP contribution < -0.4 is 5.32 Å². The molecule has 3 nitrogen and oxygen atoms in total. The second-order valence-corrected chi connectivity index (χ2v) is 3.71. The lowest BCUT2D eigenvalue weighted by Gasteiger charge is -2.21. The van der Waals surface area contributed by atoms with Gasteiger partial charge in [0.25, 0.3) is 5.91 Å². The lowest BCUT2D eigenvalue weighted by Crippen LogP contribution is -2.43. The summed E-state index contributed by atoms with van der Waals surface area (Å²) in [6, 6.07) is 0. The molecule has 0 saturated carbocycles. The van der Waals surface area contributed by atoms with Crippen molar-refractivity contribution >= 4 is 5.91 Å². The van der Waals surface area contributed by atoms with Crippen molar-refractivity contribution in [3.8, 4) is 0 Å². The van der Waals surface area contributed by atoms with E-state index in [1.807, 2.05) is 19.9 Å². The number of carbonyl (C=O) groups is 1. The minimum Gasteiger partial charge on any atom is -0.369 e. The quantitative estimate of drug-likeness (QED) is 0.674. The fourth-order valence-corrected chi connectivity index (χ4v) is 0.653. The van der Waals surface area contributed by atoms with Gasteiger partial charge in [0, 0.05) is 13.7 Å². The SMILES string of the molecule is COC(C)(C)C(=O)NCC=C(C)C. The monoisotopic (exact) mass is 185 g/mol. The standard InChI is InChI=1S/C10H19NO2/c1-8(2)6-7-11-9(12)10(3,4)13-5/h6H,7H2,1-5H3,(H,11,12). The Balaban J connectivity index is 3.95. The Bertz CT molecular complexity index is 203. The molecule has 0 aromatic rings. The summed E-state index contributed by atoms with van der Waals surface area (Å²) < 4.78 is 5.02. The Labute approximate surface area is 80.2 Å². The van der Waals surface area contributed by atoms with Crippen molar-refractivity contribution in [3.05, 3.63) is 11.6 Å². The van der Waals surface area contributed by atoms with Gasteiger partial charge in [-0.1, -0.05) is 11.6 Å². The Morgan fingerprint density at radius 3 is 2.38 bits per heavy atom.